The molecule has 1 rings (SSSR count). The zero-order valence-electron chi connectivity index (χ0n) is 7.79. The molecule has 1 aromatic heterocycles. The summed E-state index contributed by atoms with van der Waals surface area (Å²) >= 11 is 4.67. The van der Waals surface area contributed by atoms with E-state index >= 15 is 0 Å². The van der Waals surface area contributed by atoms with Crippen LogP contribution in [-0.4, -0.2) is 23.7 Å². The maximum atomic E-state index is 11.6. The smallest absolute Gasteiger partial charge is 0.261 e. The average Bonchev–Trinajstić information content (AvgIpc) is 2.61. The minimum atomic E-state index is -0.150. The van der Waals surface area contributed by atoms with Crippen LogP contribution in [0.3, 0.4) is 0 Å². The van der Waals surface area contributed by atoms with E-state index in [1.165, 1.54) is 11.3 Å². The summed E-state index contributed by atoms with van der Waals surface area (Å²) in [6, 6.07) is 3.44. The molecule has 0 unspecified atom stereocenters. The molecule has 78 valence electrons. The third-order valence-corrected chi connectivity index (χ3v) is 3.47. The normalized spacial score (nSPS) is 12.5. The summed E-state index contributed by atoms with van der Waals surface area (Å²) in [6.45, 7) is 1.90. The first-order chi connectivity index (χ1) is 6.67. The maximum Gasteiger partial charge on any atom is 0.261 e. The lowest BCUT2D eigenvalue weighted by Gasteiger charge is -2.12. The van der Waals surface area contributed by atoms with Gasteiger partial charge in [-0.15, -0.1) is 11.3 Å². The molecule has 0 aliphatic rings. The largest absolute Gasteiger partial charge is 0.394 e. The molecule has 0 aliphatic heterocycles. The molecule has 0 saturated heterocycles. The lowest BCUT2D eigenvalue weighted by Crippen LogP contribution is -2.36. The predicted octanol–water partition coefficient (Wildman–Crippen LogP) is 2.01. The summed E-state index contributed by atoms with van der Waals surface area (Å²) in [5.74, 6) is -0.124. The fraction of sp³-hybridized carbons (Fsp3) is 0.444. The van der Waals surface area contributed by atoms with Gasteiger partial charge in [0, 0.05) is 0 Å². The van der Waals surface area contributed by atoms with Gasteiger partial charge in [0.1, 0.15) is 0 Å². The number of thiophene rings is 1. The van der Waals surface area contributed by atoms with Crippen molar-refractivity contribution < 1.29 is 9.90 Å². The number of amides is 1. The van der Waals surface area contributed by atoms with E-state index in [9.17, 15) is 4.79 Å². The molecule has 1 aromatic rings. The second-order valence-corrected chi connectivity index (χ2v) is 5.33. The first-order valence-corrected chi connectivity index (χ1v) is 5.95. The summed E-state index contributed by atoms with van der Waals surface area (Å²) in [5, 5.41) is 11.7. The van der Waals surface area contributed by atoms with Crippen molar-refractivity contribution in [1.82, 2.24) is 5.32 Å². The Morgan fingerprint density at radius 2 is 2.43 bits per heavy atom. The minimum Gasteiger partial charge on any atom is -0.394 e. The number of aliphatic hydroxyl groups excluding tert-OH is 1. The van der Waals surface area contributed by atoms with Crippen LogP contribution in [0.25, 0.3) is 0 Å². The standard InChI is InChI=1S/C9H12BrNO2S/c1-2-6(5-12)11-9(13)7-3-4-8(10)14-7/h3-4,6,12H,2,5H2,1H3,(H,11,13)/t6-/m0/s1. The highest BCUT2D eigenvalue weighted by Crippen LogP contribution is 2.21. The van der Waals surface area contributed by atoms with Gasteiger partial charge in [-0.1, -0.05) is 6.92 Å². The fourth-order valence-electron chi connectivity index (χ4n) is 0.970. The van der Waals surface area contributed by atoms with Gasteiger partial charge in [0.05, 0.1) is 21.3 Å². The Hall–Kier alpha value is -0.390. The van der Waals surface area contributed by atoms with Crippen molar-refractivity contribution in [2.75, 3.05) is 6.61 Å². The lowest BCUT2D eigenvalue weighted by molar-refractivity contribution is 0.0919. The molecule has 0 spiro atoms. The van der Waals surface area contributed by atoms with Crippen molar-refractivity contribution >= 4 is 33.2 Å². The molecular formula is C9H12BrNO2S. The maximum absolute atomic E-state index is 11.6. The molecule has 0 radical (unpaired) electrons. The summed E-state index contributed by atoms with van der Waals surface area (Å²) in [7, 11) is 0. The minimum absolute atomic E-state index is 0.0191. The van der Waals surface area contributed by atoms with E-state index in [-0.39, 0.29) is 18.6 Å². The molecule has 1 atom stereocenters. The van der Waals surface area contributed by atoms with E-state index in [0.29, 0.717) is 4.88 Å². The van der Waals surface area contributed by atoms with Gasteiger partial charge in [-0.25, -0.2) is 0 Å². The second kappa shape index (κ2) is 5.48. The predicted molar refractivity (Wildman–Crippen MR) is 60.7 cm³/mol. The molecule has 0 aliphatic carbocycles. The zero-order chi connectivity index (χ0) is 10.6. The van der Waals surface area contributed by atoms with Gasteiger partial charge in [-0.2, -0.15) is 0 Å². The summed E-state index contributed by atoms with van der Waals surface area (Å²) in [6.07, 6.45) is 0.731. The summed E-state index contributed by atoms with van der Waals surface area (Å²) in [4.78, 5) is 12.2. The van der Waals surface area contributed by atoms with Crippen LogP contribution < -0.4 is 5.32 Å². The Morgan fingerprint density at radius 3 is 2.86 bits per heavy atom. The molecule has 14 heavy (non-hydrogen) atoms. The van der Waals surface area contributed by atoms with Crippen molar-refractivity contribution in [2.24, 2.45) is 0 Å². The fourth-order valence-corrected chi connectivity index (χ4v) is 2.26. The van der Waals surface area contributed by atoms with Crippen LogP contribution in [0.15, 0.2) is 15.9 Å². The molecular weight excluding hydrogens is 266 g/mol. The van der Waals surface area contributed by atoms with Gasteiger partial charge in [-0.05, 0) is 34.5 Å². The summed E-state index contributed by atoms with van der Waals surface area (Å²) < 4.78 is 0.930. The van der Waals surface area contributed by atoms with E-state index in [0.717, 1.165) is 10.2 Å². The highest BCUT2D eigenvalue weighted by Gasteiger charge is 2.12. The third-order valence-electron chi connectivity index (χ3n) is 1.85. The van der Waals surface area contributed by atoms with Gasteiger partial charge >= 0.3 is 0 Å². The number of aliphatic hydroxyl groups is 1. The first kappa shape index (κ1) is 11.7. The van der Waals surface area contributed by atoms with Gasteiger partial charge in [0.2, 0.25) is 0 Å². The van der Waals surface area contributed by atoms with E-state index in [2.05, 4.69) is 21.2 Å². The first-order valence-electron chi connectivity index (χ1n) is 4.34. The number of halogens is 1. The lowest BCUT2D eigenvalue weighted by atomic mass is 10.2. The van der Waals surface area contributed by atoms with Gasteiger partial charge in [0.25, 0.3) is 5.91 Å². The average molecular weight is 278 g/mol. The van der Waals surface area contributed by atoms with Crippen molar-refractivity contribution in [3.8, 4) is 0 Å². The Morgan fingerprint density at radius 1 is 1.71 bits per heavy atom. The number of rotatable bonds is 4. The van der Waals surface area contributed by atoms with Crippen LogP contribution in [-0.2, 0) is 0 Å². The number of carbonyl (C=O) groups is 1. The van der Waals surface area contributed by atoms with E-state index in [1.807, 2.05) is 13.0 Å². The van der Waals surface area contributed by atoms with Gasteiger partial charge < -0.3 is 10.4 Å². The number of hydrogen-bond donors (Lipinski definition) is 2. The van der Waals surface area contributed by atoms with Gasteiger partial charge in [-0.3, -0.25) is 4.79 Å². The monoisotopic (exact) mass is 277 g/mol. The van der Waals surface area contributed by atoms with Crippen molar-refractivity contribution in [3.63, 3.8) is 0 Å². The third kappa shape index (κ3) is 3.08. The SMILES string of the molecule is CC[C@@H](CO)NC(=O)c1ccc(Br)s1. The molecule has 2 N–H and O–H groups in total. The molecule has 0 bridgehead atoms. The molecule has 1 amide bonds. The zero-order valence-corrected chi connectivity index (χ0v) is 10.2. The van der Waals surface area contributed by atoms with Crippen LogP contribution in [0, 0.1) is 0 Å². The Bertz CT molecular complexity index is 310. The molecule has 0 saturated carbocycles. The molecule has 5 heteroatoms. The number of nitrogens with one attached hydrogen (secondary N) is 1. The van der Waals surface area contributed by atoms with Crippen LogP contribution in [0.5, 0.6) is 0 Å². The second-order valence-electron chi connectivity index (χ2n) is 2.86. The van der Waals surface area contributed by atoms with Crippen LogP contribution in [0.1, 0.15) is 23.0 Å². The van der Waals surface area contributed by atoms with Crippen LogP contribution in [0.4, 0.5) is 0 Å². The van der Waals surface area contributed by atoms with Crippen molar-refractivity contribution in [3.05, 3.63) is 20.8 Å². The van der Waals surface area contributed by atoms with Crippen LogP contribution in [0.2, 0.25) is 0 Å². The van der Waals surface area contributed by atoms with E-state index in [4.69, 9.17) is 5.11 Å². The molecule has 0 fully saturated rings. The Balaban J connectivity index is 2.58. The molecule has 1 heterocycles. The molecule has 3 nitrogen and oxygen atoms in total. The number of hydrogen-bond acceptors (Lipinski definition) is 3. The molecule has 0 aromatic carbocycles. The number of carbonyl (C=O) groups excluding carboxylic acids is 1. The van der Waals surface area contributed by atoms with E-state index < -0.39 is 0 Å². The highest BCUT2D eigenvalue weighted by molar-refractivity contribution is 9.11. The quantitative estimate of drug-likeness (QED) is 0.885. The Kier molecular flexibility index (Phi) is 4.57. The Labute approximate surface area is 95.3 Å². The van der Waals surface area contributed by atoms with Crippen molar-refractivity contribution in [2.45, 2.75) is 19.4 Å². The van der Waals surface area contributed by atoms with Crippen molar-refractivity contribution in [1.29, 1.82) is 0 Å². The summed E-state index contributed by atoms with van der Waals surface area (Å²) in [5.41, 5.74) is 0. The van der Waals surface area contributed by atoms with Gasteiger partial charge in [0.15, 0.2) is 0 Å². The highest BCUT2D eigenvalue weighted by atomic mass is 79.9. The van der Waals surface area contributed by atoms with Crippen LogP contribution >= 0.6 is 27.3 Å². The topological polar surface area (TPSA) is 49.3 Å². The van der Waals surface area contributed by atoms with E-state index in [1.54, 1.807) is 6.07 Å².